The number of hydrogen-bond acceptors (Lipinski definition) is 7. The summed E-state index contributed by atoms with van der Waals surface area (Å²) in [4.78, 5) is 35.8. The minimum atomic E-state index is -1.04. The number of carbonyl (C=O) groups is 3. The van der Waals surface area contributed by atoms with Crippen molar-refractivity contribution in [3.8, 4) is 0 Å². The molecule has 0 bridgehead atoms. The molecule has 1 rings (SSSR count). The van der Waals surface area contributed by atoms with E-state index in [1.165, 1.54) is 7.11 Å². The third kappa shape index (κ3) is 5.95. The Morgan fingerprint density at radius 1 is 1.08 bits per heavy atom. The van der Waals surface area contributed by atoms with Crippen molar-refractivity contribution in [2.24, 2.45) is 11.8 Å². The molecule has 0 aromatic heterocycles. The molecule has 1 fully saturated rings. The summed E-state index contributed by atoms with van der Waals surface area (Å²) >= 11 is 0. The van der Waals surface area contributed by atoms with E-state index in [9.17, 15) is 19.5 Å². The number of aliphatic carboxylic acids is 1. The topological polar surface area (TPSA) is 108 Å². The lowest BCUT2D eigenvalue weighted by atomic mass is 9.81. The van der Waals surface area contributed by atoms with E-state index in [2.05, 4.69) is 0 Å². The molecule has 8 heteroatoms. The number of hydrogen-bond donors (Lipinski definition) is 1. The monoisotopic (exact) mass is 374 g/mol. The van der Waals surface area contributed by atoms with Crippen LogP contribution in [0.5, 0.6) is 0 Å². The van der Waals surface area contributed by atoms with Crippen molar-refractivity contribution >= 4 is 17.9 Å². The summed E-state index contributed by atoms with van der Waals surface area (Å²) in [5.74, 6) is -3.59. The van der Waals surface area contributed by atoms with Gasteiger partial charge in [0.25, 0.3) is 0 Å². The van der Waals surface area contributed by atoms with Gasteiger partial charge in [0.15, 0.2) is 12.4 Å². The lowest BCUT2D eigenvalue weighted by Gasteiger charge is -2.43. The Hall–Kier alpha value is -1.67. The standard InChI is InChI=1S/C18H30O8/c1-5-8-13(19)25-12-10-24-18(23-4)15(11(7-3)17(21)22)16(12)26-14(20)9-6-2/h11-12,15-16,18H,5-10H2,1-4H3,(H,21,22)/t11-,12+,15+,16+,18?/m0/s1. The molecule has 0 aromatic carbocycles. The lowest BCUT2D eigenvalue weighted by Crippen LogP contribution is -2.56. The Morgan fingerprint density at radius 3 is 2.12 bits per heavy atom. The Bertz CT molecular complexity index is 478. The van der Waals surface area contributed by atoms with E-state index < -0.39 is 48.2 Å². The van der Waals surface area contributed by atoms with Gasteiger partial charge in [-0.3, -0.25) is 14.4 Å². The molecule has 8 nitrogen and oxygen atoms in total. The molecule has 0 amide bonds. The SMILES string of the molecule is CCCC(=O)O[C@H]1[C@@H]([C@H](CC)C(=O)O)C(OC)OC[C@H]1OC(=O)CCC. The second-order valence-corrected chi connectivity index (χ2v) is 6.35. The van der Waals surface area contributed by atoms with Gasteiger partial charge in [0.1, 0.15) is 6.10 Å². The number of rotatable bonds is 10. The maximum Gasteiger partial charge on any atom is 0.307 e. The second kappa shape index (κ2) is 11.1. The maximum absolute atomic E-state index is 12.1. The molecule has 1 aliphatic heterocycles. The predicted molar refractivity (Wildman–Crippen MR) is 91.2 cm³/mol. The Morgan fingerprint density at radius 2 is 1.65 bits per heavy atom. The third-order valence-corrected chi connectivity index (χ3v) is 4.40. The average molecular weight is 374 g/mol. The first kappa shape index (κ1) is 22.4. The first-order valence-corrected chi connectivity index (χ1v) is 9.15. The number of methoxy groups -OCH3 is 1. The zero-order chi connectivity index (χ0) is 19.7. The highest BCUT2D eigenvalue weighted by molar-refractivity contribution is 5.72. The van der Waals surface area contributed by atoms with Crippen molar-refractivity contribution in [1.29, 1.82) is 0 Å². The zero-order valence-corrected chi connectivity index (χ0v) is 15.9. The molecule has 1 N–H and O–H groups in total. The van der Waals surface area contributed by atoms with E-state index in [0.717, 1.165) is 0 Å². The van der Waals surface area contributed by atoms with Crippen LogP contribution < -0.4 is 0 Å². The summed E-state index contributed by atoms with van der Waals surface area (Å²) in [6, 6.07) is 0. The summed E-state index contributed by atoms with van der Waals surface area (Å²) in [5, 5.41) is 9.59. The summed E-state index contributed by atoms with van der Waals surface area (Å²) in [7, 11) is 1.40. The van der Waals surface area contributed by atoms with E-state index in [-0.39, 0.29) is 19.4 Å². The van der Waals surface area contributed by atoms with Crippen LogP contribution in [0.4, 0.5) is 0 Å². The molecule has 0 saturated carbocycles. The van der Waals surface area contributed by atoms with Crippen molar-refractivity contribution in [3.63, 3.8) is 0 Å². The van der Waals surface area contributed by atoms with Crippen LogP contribution in [0, 0.1) is 11.8 Å². The van der Waals surface area contributed by atoms with E-state index in [1.54, 1.807) is 6.92 Å². The average Bonchev–Trinajstić information content (AvgIpc) is 2.58. The highest BCUT2D eigenvalue weighted by atomic mass is 16.7. The van der Waals surface area contributed by atoms with Crippen LogP contribution in [0.1, 0.15) is 52.9 Å². The number of carboxylic acid groups (broad SMARTS) is 1. The van der Waals surface area contributed by atoms with Crippen molar-refractivity contribution in [2.45, 2.75) is 71.4 Å². The summed E-state index contributed by atoms with van der Waals surface area (Å²) in [6.45, 7) is 5.39. The molecule has 26 heavy (non-hydrogen) atoms. The number of esters is 2. The van der Waals surface area contributed by atoms with Crippen LogP contribution in [-0.4, -0.2) is 55.2 Å². The van der Waals surface area contributed by atoms with Gasteiger partial charge < -0.3 is 24.1 Å². The maximum atomic E-state index is 12.1. The Labute approximate surface area is 154 Å². The van der Waals surface area contributed by atoms with Crippen LogP contribution in [0.2, 0.25) is 0 Å². The van der Waals surface area contributed by atoms with Crippen LogP contribution in [0.3, 0.4) is 0 Å². The molecule has 150 valence electrons. The fraction of sp³-hybridized carbons (Fsp3) is 0.833. The van der Waals surface area contributed by atoms with Crippen LogP contribution >= 0.6 is 0 Å². The van der Waals surface area contributed by atoms with Crippen molar-refractivity contribution in [3.05, 3.63) is 0 Å². The van der Waals surface area contributed by atoms with Gasteiger partial charge in [-0.25, -0.2) is 0 Å². The molecule has 5 atom stereocenters. The molecule has 0 aromatic rings. The first-order valence-electron chi connectivity index (χ1n) is 9.15. The lowest BCUT2D eigenvalue weighted by molar-refractivity contribution is -0.263. The van der Waals surface area contributed by atoms with Crippen molar-refractivity contribution in [1.82, 2.24) is 0 Å². The fourth-order valence-corrected chi connectivity index (χ4v) is 3.16. The summed E-state index contributed by atoms with van der Waals surface area (Å²) < 4.78 is 21.9. The number of ether oxygens (including phenoxy) is 4. The van der Waals surface area contributed by atoms with Gasteiger partial charge in [-0.2, -0.15) is 0 Å². The van der Waals surface area contributed by atoms with E-state index >= 15 is 0 Å². The minimum Gasteiger partial charge on any atom is -0.481 e. The van der Waals surface area contributed by atoms with Gasteiger partial charge in [-0.15, -0.1) is 0 Å². The summed E-state index contributed by atoms with van der Waals surface area (Å²) in [6.07, 6.45) is -0.742. The van der Waals surface area contributed by atoms with E-state index in [1.807, 2.05) is 13.8 Å². The van der Waals surface area contributed by atoms with Crippen LogP contribution in [-0.2, 0) is 33.3 Å². The highest BCUT2D eigenvalue weighted by Gasteiger charge is 2.50. The highest BCUT2D eigenvalue weighted by Crippen LogP contribution is 2.35. The first-order chi connectivity index (χ1) is 12.4. The smallest absolute Gasteiger partial charge is 0.307 e. The molecule has 0 aliphatic carbocycles. The number of carbonyl (C=O) groups excluding carboxylic acids is 2. The van der Waals surface area contributed by atoms with Crippen LogP contribution in [0.25, 0.3) is 0 Å². The molecule has 0 spiro atoms. The largest absolute Gasteiger partial charge is 0.481 e. The van der Waals surface area contributed by atoms with E-state index in [4.69, 9.17) is 18.9 Å². The van der Waals surface area contributed by atoms with Gasteiger partial charge in [0.05, 0.1) is 18.4 Å². The third-order valence-electron chi connectivity index (χ3n) is 4.40. The number of carboxylic acids is 1. The molecule has 1 aliphatic rings. The second-order valence-electron chi connectivity index (χ2n) is 6.35. The van der Waals surface area contributed by atoms with Gasteiger partial charge >= 0.3 is 17.9 Å². The molecular formula is C18H30O8. The predicted octanol–water partition coefficient (Wildman–Crippen LogP) is 2.14. The van der Waals surface area contributed by atoms with Gasteiger partial charge in [-0.1, -0.05) is 20.8 Å². The molecular weight excluding hydrogens is 344 g/mol. The van der Waals surface area contributed by atoms with Crippen molar-refractivity contribution < 1.29 is 38.4 Å². The fourth-order valence-electron chi connectivity index (χ4n) is 3.16. The van der Waals surface area contributed by atoms with Gasteiger partial charge in [0, 0.05) is 20.0 Å². The zero-order valence-electron chi connectivity index (χ0n) is 15.9. The normalized spacial score (nSPS) is 26.8. The molecule has 1 unspecified atom stereocenters. The van der Waals surface area contributed by atoms with Crippen LogP contribution in [0.15, 0.2) is 0 Å². The summed E-state index contributed by atoms with van der Waals surface area (Å²) in [5.41, 5.74) is 0. The quantitative estimate of drug-likeness (QED) is 0.579. The van der Waals surface area contributed by atoms with Crippen molar-refractivity contribution in [2.75, 3.05) is 13.7 Å². The molecule has 0 radical (unpaired) electrons. The van der Waals surface area contributed by atoms with Gasteiger partial charge in [0.2, 0.25) is 0 Å². The Balaban J connectivity index is 3.14. The molecule has 1 saturated heterocycles. The Kier molecular flexibility index (Phi) is 9.58. The van der Waals surface area contributed by atoms with Gasteiger partial charge in [-0.05, 0) is 19.3 Å². The van der Waals surface area contributed by atoms with E-state index in [0.29, 0.717) is 19.3 Å². The minimum absolute atomic E-state index is 0.0232. The molecule has 1 heterocycles.